The van der Waals surface area contributed by atoms with Gasteiger partial charge in [0.05, 0.1) is 0 Å². The smallest absolute Gasteiger partial charge is 0.271 e. The van der Waals surface area contributed by atoms with Crippen LogP contribution in [0.4, 0.5) is 4.79 Å². The zero-order chi connectivity index (χ0) is 11.0. The number of hydrogen-bond acceptors (Lipinski definition) is 3. The van der Waals surface area contributed by atoms with Crippen molar-refractivity contribution in [3.8, 4) is 0 Å². The average molecular weight is 216 g/mol. The van der Waals surface area contributed by atoms with Crippen molar-refractivity contribution < 1.29 is 4.79 Å². The third-order valence-electron chi connectivity index (χ3n) is 3.69. The molecule has 82 valence electrons. The summed E-state index contributed by atoms with van der Waals surface area (Å²) in [4.78, 5) is 11.5. The van der Waals surface area contributed by atoms with Crippen LogP contribution in [0.1, 0.15) is 40.5 Å². The lowest BCUT2D eigenvalue weighted by Gasteiger charge is -2.46. The van der Waals surface area contributed by atoms with Crippen LogP contribution in [-0.2, 0) is 0 Å². The fourth-order valence-corrected chi connectivity index (χ4v) is 2.79. The number of nitrogens with zero attached hydrogens (tertiary/aromatic N) is 1. The van der Waals surface area contributed by atoms with Gasteiger partial charge in [0, 0.05) is 11.3 Å². The Morgan fingerprint density at radius 2 is 2.21 bits per heavy atom. The molecule has 1 aliphatic rings. The molecule has 1 heterocycles. The summed E-state index contributed by atoms with van der Waals surface area (Å²) >= 11 is 1.39. The highest BCUT2D eigenvalue weighted by atomic mass is 32.2. The first-order valence-corrected chi connectivity index (χ1v) is 5.89. The molecule has 0 radical (unpaired) electrons. The Balaban J connectivity index is 2.82. The molecule has 0 aliphatic carbocycles. The van der Waals surface area contributed by atoms with Crippen molar-refractivity contribution >= 4 is 17.0 Å². The molecule has 3 nitrogen and oxygen atoms in total. The molecule has 1 fully saturated rings. The van der Waals surface area contributed by atoms with E-state index in [1.165, 1.54) is 16.8 Å². The number of thioether (sulfide) groups is 1. The van der Waals surface area contributed by atoms with Crippen LogP contribution in [0, 0.1) is 5.41 Å². The first-order valence-electron chi connectivity index (χ1n) is 5.07. The van der Waals surface area contributed by atoms with Crippen molar-refractivity contribution in [2.45, 2.75) is 45.3 Å². The van der Waals surface area contributed by atoms with E-state index >= 15 is 0 Å². The van der Waals surface area contributed by atoms with Crippen molar-refractivity contribution in [1.29, 1.82) is 0 Å². The summed E-state index contributed by atoms with van der Waals surface area (Å²) in [6.07, 6.45) is 2.05. The van der Waals surface area contributed by atoms with Crippen LogP contribution in [0.3, 0.4) is 0 Å². The summed E-state index contributed by atoms with van der Waals surface area (Å²) in [6, 6.07) is 0. The molecule has 0 bridgehead atoms. The van der Waals surface area contributed by atoms with Gasteiger partial charge in [-0.05, 0) is 25.2 Å². The number of rotatable bonds is 2. The molecular formula is C10H20N2OS. The SMILES string of the molecule is CCC(C)(C)C1(C)CCN(N)C(=O)S1. The molecule has 1 amide bonds. The molecule has 0 aromatic rings. The van der Waals surface area contributed by atoms with Gasteiger partial charge in [0.2, 0.25) is 0 Å². The van der Waals surface area contributed by atoms with Crippen LogP contribution in [0.5, 0.6) is 0 Å². The van der Waals surface area contributed by atoms with E-state index in [0.717, 1.165) is 12.8 Å². The van der Waals surface area contributed by atoms with E-state index in [2.05, 4.69) is 27.7 Å². The maximum absolute atomic E-state index is 11.5. The van der Waals surface area contributed by atoms with E-state index in [4.69, 9.17) is 5.84 Å². The van der Waals surface area contributed by atoms with Crippen molar-refractivity contribution in [2.75, 3.05) is 6.54 Å². The predicted molar refractivity (Wildman–Crippen MR) is 61.0 cm³/mol. The molecule has 0 spiro atoms. The van der Waals surface area contributed by atoms with Crippen LogP contribution < -0.4 is 5.84 Å². The first-order chi connectivity index (χ1) is 6.32. The van der Waals surface area contributed by atoms with E-state index in [9.17, 15) is 4.79 Å². The maximum Gasteiger partial charge on any atom is 0.296 e. The lowest BCUT2D eigenvalue weighted by Crippen LogP contribution is -2.51. The minimum absolute atomic E-state index is 0.000255. The number of hydrogen-bond donors (Lipinski definition) is 1. The number of carbonyl (C=O) groups excluding carboxylic acids is 1. The second kappa shape index (κ2) is 3.74. The summed E-state index contributed by atoms with van der Waals surface area (Å²) < 4.78 is 0.0225. The Bertz CT molecular complexity index is 242. The highest BCUT2D eigenvalue weighted by Gasteiger charge is 2.45. The molecule has 1 atom stereocenters. The lowest BCUT2D eigenvalue weighted by molar-refractivity contribution is 0.188. The number of amides is 1. The zero-order valence-electron chi connectivity index (χ0n) is 9.46. The molecule has 0 aromatic carbocycles. The lowest BCUT2D eigenvalue weighted by atomic mass is 9.75. The first kappa shape index (κ1) is 11.9. The minimum Gasteiger partial charge on any atom is -0.271 e. The molecule has 1 unspecified atom stereocenters. The quantitative estimate of drug-likeness (QED) is 0.570. The van der Waals surface area contributed by atoms with Crippen LogP contribution >= 0.6 is 11.8 Å². The van der Waals surface area contributed by atoms with Crippen molar-refractivity contribution in [3.63, 3.8) is 0 Å². The largest absolute Gasteiger partial charge is 0.296 e. The van der Waals surface area contributed by atoms with Crippen molar-refractivity contribution in [1.82, 2.24) is 5.01 Å². The van der Waals surface area contributed by atoms with Gasteiger partial charge in [-0.15, -0.1) is 0 Å². The van der Waals surface area contributed by atoms with Gasteiger partial charge in [-0.2, -0.15) is 0 Å². The monoisotopic (exact) mass is 216 g/mol. The summed E-state index contributed by atoms with van der Waals surface area (Å²) in [5.74, 6) is 5.55. The zero-order valence-corrected chi connectivity index (χ0v) is 10.3. The Kier molecular flexibility index (Phi) is 3.17. The molecular weight excluding hydrogens is 196 g/mol. The second-order valence-corrected chi connectivity index (χ2v) is 6.23. The van der Waals surface area contributed by atoms with E-state index in [0.29, 0.717) is 6.54 Å². The van der Waals surface area contributed by atoms with Crippen molar-refractivity contribution in [2.24, 2.45) is 11.3 Å². The third-order valence-corrected chi connectivity index (χ3v) is 5.31. The number of carbonyl (C=O) groups is 1. The molecule has 0 aromatic heterocycles. The summed E-state index contributed by atoms with van der Waals surface area (Å²) in [7, 11) is 0. The standard InChI is InChI=1S/C10H20N2OS/c1-5-9(2,3)10(4)6-7-12(11)8(13)14-10/h5-7,11H2,1-4H3. The van der Waals surface area contributed by atoms with E-state index < -0.39 is 0 Å². The highest BCUT2D eigenvalue weighted by Crippen LogP contribution is 2.49. The fourth-order valence-electron chi connectivity index (χ4n) is 1.58. The van der Waals surface area contributed by atoms with Gasteiger partial charge in [0.15, 0.2) is 0 Å². The predicted octanol–water partition coefficient (Wildman–Crippen LogP) is 2.61. The van der Waals surface area contributed by atoms with Gasteiger partial charge in [0.25, 0.3) is 5.24 Å². The minimum atomic E-state index is 0.000255. The van der Waals surface area contributed by atoms with Gasteiger partial charge < -0.3 is 0 Å². The molecule has 0 saturated carbocycles. The van der Waals surface area contributed by atoms with E-state index in [-0.39, 0.29) is 15.4 Å². The van der Waals surface area contributed by atoms with Crippen molar-refractivity contribution in [3.05, 3.63) is 0 Å². The summed E-state index contributed by atoms with van der Waals surface area (Å²) in [6.45, 7) is 9.46. The maximum atomic E-state index is 11.5. The Morgan fingerprint density at radius 3 is 2.64 bits per heavy atom. The third kappa shape index (κ3) is 1.91. The van der Waals surface area contributed by atoms with Gasteiger partial charge in [-0.1, -0.05) is 32.5 Å². The van der Waals surface area contributed by atoms with Gasteiger partial charge in [-0.3, -0.25) is 9.80 Å². The van der Waals surface area contributed by atoms with E-state index in [1.54, 1.807) is 0 Å². The molecule has 14 heavy (non-hydrogen) atoms. The number of nitrogens with two attached hydrogens (primary N) is 1. The fraction of sp³-hybridized carbons (Fsp3) is 0.900. The Labute approximate surface area is 90.4 Å². The molecule has 1 aliphatic heterocycles. The van der Waals surface area contributed by atoms with Crippen LogP contribution in [0.25, 0.3) is 0 Å². The van der Waals surface area contributed by atoms with Crippen LogP contribution in [0.15, 0.2) is 0 Å². The second-order valence-electron chi connectivity index (χ2n) is 4.78. The van der Waals surface area contributed by atoms with Gasteiger partial charge in [-0.25, -0.2) is 5.84 Å². The summed E-state index contributed by atoms with van der Waals surface area (Å²) in [5, 5.41) is 1.32. The number of hydrazine groups is 1. The van der Waals surface area contributed by atoms with Crippen LogP contribution in [0.2, 0.25) is 0 Å². The van der Waals surface area contributed by atoms with Crippen LogP contribution in [-0.4, -0.2) is 21.5 Å². The molecule has 4 heteroatoms. The molecule has 1 saturated heterocycles. The summed E-state index contributed by atoms with van der Waals surface area (Å²) in [5.41, 5.74) is 0.175. The van der Waals surface area contributed by atoms with Gasteiger partial charge in [0.1, 0.15) is 0 Å². The molecule has 2 N–H and O–H groups in total. The molecule has 1 rings (SSSR count). The van der Waals surface area contributed by atoms with Gasteiger partial charge >= 0.3 is 0 Å². The Morgan fingerprint density at radius 1 is 1.64 bits per heavy atom. The van der Waals surface area contributed by atoms with E-state index in [1.807, 2.05) is 0 Å². The Hall–Kier alpha value is -0.220. The highest BCUT2D eigenvalue weighted by molar-refractivity contribution is 8.14. The average Bonchev–Trinajstić information content (AvgIpc) is 2.12. The topological polar surface area (TPSA) is 46.3 Å². The normalized spacial score (nSPS) is 29.5.